The number of hydrogen-bond donors (Lipinski definition) is 12. The first-order valence-corrected chi connectivity index (χ1v) is 31.9. The molecular formula is C57H84N6O23P2. The number of aromatic nitrogens is 2. The van der Waals surface area contributed by atoms with Crippen molar-refractivity contribution >= 4 is 44.6 Å². The fraction of sp³-hybridized carbons (Fsp3) is 0.526. The molecule has 29 nitrogen and oxygen atoms in total. The summed E-state index contributed by atoms with van der Waals surface area (Å²) in [6, 6.07) is 11.4. The number of H-pyrrole nitrogens is 1. The Kier molecular flexibility index (Phi) is 29.6. The topological polar surface area (TPSA) is 436 Å². The number of aromatic amines is 1. The summed E-state index contributed by atoms with van der Waals surface area (Å²) in [6.07, 6.45) is -14.7. The number of fused-ring (bicyclic) bond motifs is 2. The highest BCUT2D eigenvalue weighted by Crippen LogP contribution is 2.57. The van der Waals surface area contributed by atoms with Gasteiger partial charge in [0.2, 0.25) is 0 Å². The number of nitrogens with zero attached hydrogens (tertiary/aromatic N) is 1. The maximum atomic E-state index is 13.4. The van der Waals surface area contributed by atoms with Gasteiger partial charge < -0.3 is 89.1 Å². The zero-order chi connectivity index (χ0) is 65.8. The summed E-state index contributed by atoms with van der Waals surface area (Å²) >= 11 is 0. The lowest BCUT2D eigenvalue weighted by Gasteiger charge is -2.41. The number of carboxylic acid groups (broad SMARTS) is 1. The number of amides is 1. The van der Waals surface area contributed by atoms with Gasteiger partial charge in [-0.05, 0) is 104 Å². The Morgan fingerprint density at radius 2 is 1.30 bits per heavy atom. The number of rotatable bonds is 24. The number of aliphatic hydroxyl groups is 6. The van der Waals surface area contributed by atoms with Crippen LogP contribution in [0.4, 0.5) is 0 Å². The largest absolute Gasteiger partial charge is 0.872 e. The highest BCUT2D eigenvalue weighted by molar-refractivity contribution is 7.59. The van der Waals surface area contributed by atoms with E-state index in [4.69, 9.17) is 13.9 Å². The lowest BCUT2D eigenvalue weighted by Crippen LogP contribution is -3.11. The first-order chi connectivity index (χ1) is 41.6. The van der Waals surface area contributed by atoms with E-state index in [1.54, 1.807) is 14.7 Å². The molecule has 2 aromatic carbocycles. The van der Waals surface area contributed by atoms with E-state index in [1.165, 1.54) is 120 Å². The Morgan fingerprint density at radius 1 is 0.716 bits per heavy atom. The second-order valence-corrected chi connectivity index (χ2v) is 23.2. The summed E-state index contributed by atoms with van der Waals surface area (Å²) in [5.74, 6) is -2.45. The molecule has 2 unspecified atom stereocenters. The molecule has 31 heteroatoms. The molecule has 12 N–H and O–H groups in total. The summed E-state index contributed by atoms with van der Waals surface area (Å²) in [6.45, 7) is 28.9. The average molecular weight is 1280 g/mol. The van der Waals surface area contributed by atoms with Crippen LogP contribution in [0.3, 0.4) is 0 Å². The lowest BCUT2D eigenvalue weighted by atomic mass is 9.89. The number of carbonyl (C=O) groups excluding carboxylic acids is 1. The van der Waals surface area contributed by atoms with Crippen LogP contribution in [0, 0.1) is 0 Å². The normalized spacial score (nSPS) is 22.3. The van der Waals surface area contributed by atoms with Gasteiger partial charge in [0, 0.05) is 40.9 Å². The van der Waals surface area contributed by atoms with Crippen molar-refractivity contribution in [2.45, 2.75) is 118 Å². The van der Waals surface area contributed by atoms with Gasteiger partial charge >= 0.3 is 11.7 Å². The molecule has 4 heterocycles. The van der Waals surface area contributed by atoms with E-state index in [-0.39, 0.29) is 45.7 Å². The minimum Gasteiger partial charge on any atom is -0.872 e. The van der Waals surface area contributed by atoms with Crippen LogP contribution >= 0.6 is 15.6 Å². The molecule has 1 aliphatic carbocycles. The fourth-order valence-electron chi connectivity index (χ4n) is 9.43. The first kappa shape index (κ1) is 74.6. The van der Waals surface area contributed by atoms with Crippen molar-refractivity contribution in [3.8, 4) is 28.2 Å². The van der Waals surface area contributed by atoms with Crippen molar-refractivity contribution in [1.82, 2.24) is 14.9 Å². The number of carbonyl (C=O) groups is 2. The van der Waals surface area contributed by atoms with E-state index in [9.17, 15) is 83.7 Å². The van der Waals surface area contributed by atoms with Crippen LogP contribution in [0.5, 0.6) is 5.75 Å². The molecule has 2 fully saturated rings. The zero-order valence-corrected chi connectivity index (χ0v) is 52.4. The number of nitrogens with one attached hydrogen (secondary N) is 5. The number of ether oxygens (including phenoxy) is 2. The second kappa shape index (κ2) is 34.9. The van der Waals surface area contributed by atoms with Crippen LogP contribution in [0.25, 0.3) is 39.5 Å². The Bertz CT molecular complexity index is 3280. The van der Waals surface area contributed by atoms with E-state index in [1.807, 2.05) is 4.98 Å². The molecule has 0 radical (unpaired) electrons. The minimum atomic E-state index is -6.05. The SMILES string of the molecule is CC[NH+](CC)CC.CC[NH+](CC)CC.CC[NH+](CC)CC.O=C(NC/C=C/c1cn([C@@H]2O[C@H](COP(=O)([O-])OP(=O)([O-])O[C@@H]3O[C@H](CO)[C@@H](O)[C@H](O)[C@H]3O)[C@@H](O)[C@H]2O)c(=O)[nH]c1=O)c1ccc(C(=O)O)c(-c2c3ccc(=O)cc-3oc3cc([O-])ccc23)c1. The number of carboxylic acids is 1. The molecule has 3 aliphatic heterocycles. The van der Waals surface area contributed by atoms with Crippen LogP contribution in [0.1, 0.15) is 94.8 Å². The monoisotopic (exact) mass is 1280 g/mol. The number of phosphoric ester groups is 2. The molecule has 7 rings (SSSR count). The van der Waals surface area contributed by atoms with Gasteiger partial charge in [-0.25, -0.2) is 13.9 Å². The average Bonchev–Trinajstić information content (AvgIpc) is 1.47. The molecule has 1 aromatic heterocycles. The van der Waals surface area contributed by atoms with Gasteiger partial charge in [0.1, 0.15) is 54.1 Å². The van der Waals surface area contributed by atoms with E-state index in [2.05, 4.69) is 81.0 Å². The molecule has 1 amide bonds. The maximum absolute atomic E-state index is 13.4. The van der Waals surface area contributed by atoms with Gasteiger partial charge in [-0.1, -0.05) is 24.3 Å². The molecule has 11 atom stereocenters. The summed E-state index contributed by atoms with van der Waals surface area (Å²) in [7, 11) is -12.0. The fourth-order valence-corrected chi connectivity index (χ4v) is 11.5. The third kappa shape index (κ3) is 20.3. The molecule has 3 aromatic rings. The Hall–Kier alpha value is -5.89. The number of phosphoric acid groups is 2. The number of aromatic carboxylic acids is 1. The zero-order valence-electron chi connectivity index (χ0n) is 50.6. The van der Waals surface area contributed by atoms with Crippen LogP contribution in [0.15, 0.2) is 85.7 Å². The number of quaternary nitrogens is 3. The minimum absolute atomic E-state index is 0.0319. The van der Waals surface area contributed by atoms with Gasteiger partial charge in [0.25, 0.3) is 27.1 Å². The van der Waals surface area contributed by atoms with Gasteiger partial charge in [0.15, 0.2) is 17.9 Å². The van der Waals surface area contributed by atoms with E-state index < -0.39 is 118 Å². The van der Waals surface area contributed by atoms with Crippen LogP contribution in [0.2, 0.25) is 0 Å². The maximum Gasteiger partial charge on any atom is 0.336 e. The van der Waals surface area contributed by atoms with Crippen molar-refractivity contribution < 1.29 is 111 Å². The molecule has 4 aliphatic rings. The van der Waals surface area contributed by atoms with Crippen molar-refractivity contribution in [3.63, 3.8) is 0 Å². The van der Waals surface area contributed by atoms with Crippen molar-refractivity contribution in [1.29, 1.82) is 0 Å². The van der Waals surface area contributed by atoms with Crippen LogP contribution in [-0.4, -0.2) is 185 Å². The molecule has 0 saturated carbocycles. The lowest BCUT2D eigenvalue weighted by molar-refractivity contribution is -0.894. The second-order valence-electron chi connectivity index (χ2n) is 20.3. The third-order valence-electron chi connectivity index (χ3n) is 14.9. The quantitative estimate of drug-likeness (QED) is 0.0214. The number of hydrogen-bond acceptors (Lipinski definition) is 22. The van der Waals surface area contributed by atoms with Gasteiger partial charge in [-0.15, -0.1) is 5.75 Å². The van der Waals surface area contributed by atoms with Crippen LogP contribution < -0.4 is 51.6 Å². The van der Waals surface area contributed by atoms with E-state index in [0.717, 1.165) is 12.3 Å². The van der Waals surface area contributed by atoms with Gasteiger partial charge in [0.05, 0.1) is 83.2 Å². The molecular weight excluding hydrogens is 1200 g/mol. The third-order valence-corrected chi connectivity index (χ3v) is 17.4. The molecule has 88 heavy (non-hydrogen) atoms. The summed E-state index contributed by atoms with van der Waals surface area (Å²) in [4.78, 5) is 95.3. The predicted molar refractivity (Wildman–Crippen MR) is 314 cm³/mol. The number of benzene rings is 3. The molecule has 2 saturated heterocycles. The van der Waals surface area contributed by atoms with Crippen LogP contribution in [-0.2, 0) is 32.0 Å². The highest BCUT2D eigenvalue weighted by atomic mass is 31.3. The summed E-state index contributed by atoms with van der Waals surface area (Å²) < 4.78 is 54.2. The van der Waals surface area contributed by atoms with Crippen molar-refractivity contribution in [2.75, 3.05) is 78.7 Å². The predicted octanol–water partition coefficient (Wildman–Crippen LogP) is -3.17. The summed E-state index contributed by atoms with van der Waals surface area (Å²) in [5, 5.41) is 85.4. The van der Waals surface area contributed by atoms with Crippen molar-refractivity contribution in [3.05, 3.63) is 115 Å². The Balaban J connectivity index is 0.000000673. The smallest absolute Gasteiger partial charge is 0.336 e. The molecule has 0 bridgehead atoms. The Labute approximate surface area is 508 Å². The number of aliphatic hydroxyl groups excluding tert-OH is 6. The highest BCUT2D eigenvalue weighted by Gasteiger charge is 2.47. The Morgan fingerprint density at radius 3 is 1.84 bits per heavy atom. The molecule has 490 valence electrons. The molecule has 0 spiro atoms. The van der Waals surface area contributed by atoms with E-state index >= 15 is 0 Å². The van der Waals surface area contributed by atoms with Gasteiger partial charge in [-0.2, -0.15) is 0 Å². The first-order valence-electron chi connectivity index (χ1n) is 29.0. The standard InChI is InChI=1S/C39H39N3O23P2.3C6H15N/c43-14-26-29(46)31(48)33(50)38(63-26)64-67(58,59)65-66(56,57)60-15-27-30(47)32(49)36(62-27)42-13-17(35(52)41-39(42)55)2-1-9-40-34(51)16-3-6-20(37(53)54)23(10-16)28-21-7-4-18(44)11-24(21)61-25-12-19(45)5-8-22(25)28;3*1-4-7(5-2)6-3/h1-8,10-13,26-27,29-33,36,38,43-44,46-50H,9,14-15H2,(H,40,51)(H,53,54)(H,56,57)(H,58,59)(H,41,52,55);3*4-6H2,1-3H3/b2-1+;;;/t26-,27-,29-,30-,31+,32-,33-,36-,38+;;;/m1.../s1. The summed E-state index contributed by atoms with van der Waals surface area (Å²) in [5.41, 5.74) is -2.43. The van der Waals surface area contributed by atoms with Crippen molar-refractivity contribution in [2.24, 2.45) is 0 Å². The van der Waals surface area contributed by atoms with E-state index in [0.29, 0.717) is 15.5 Å². The van der Waals surface area contributed by atoms with Gasteiger partial charge in [-0.3, -0.25) is 37.6 Å².